The fourth-order valence-electron chi connectivity index (χ4n) is 3.24. The van der Waals surface area contributed by atoms with E-state index in [0.717, 1.165) is 24.4 Å². The number of aryl methyl sites for hydroxylation is 1. The number of hydrogen-bond donors (Lipinski definition) is 0. The fraction of sp³-hybridized carbons (Fsp3) is 0.391. The highest BCUT2D eigenvalue weighted by atomic mass is 19.1. The van der Waals surface area contributed by atoms with Crippen molar-refractivity contribution in [2.45, 2.75) is 39.5 Å². The summed E-state index contributed by atoms with van der Waals surface area (Å²) in [6.07, 6.45) is 4.95. The summed E-state index contributed by atoms with van der Waals surface area (Å²) in [5.41, 5.74) is 1.52. The van der Waals surface area contributed by atoms with Crippen molar-refractivity contribution >= 4 is 17.4 Å². The number of carbonyl (C=O) groups excluding carboxylic acids is 1. The summed E-state index contributed by atoms with van der Waals surface area (Å²) in [5.74, 6) is 1.76. The lowest BCUT2D eigenvalue weighted by Crippen LogP contribution is -2.28. The molecule has 0 bridgehead atoms. The number of ether oxygens (including phenoxy) is 2. The summed E-state index contributed by atoms with van der Waals surface area (Å²) in [5, 5.41) is 0. The summed E-state index contributed by atoms with van der Waals surface area (Å²) < 4.78 is 26.3. The number of halogens is 1. The van der Waals surface area contributed by atoms with E-state index in [-0.39, 0.29) is 11.7 Å². The second-order valence-corrected chi connectivity index (χ2v) is 7.01. The predicted octanol–water partition coefficient (Wildman–Crippen LogP) is 4.65. The average Bonchev–Trinajstić information content (AvgIpc) is 3.15. The van der Waals surface area contributed by atoms with Gasteiger partial charge in [-0.2, -0.15) is 0 Å². The van der Waals surface area contributed by atoms with Crippen LogP contribution in [0.2, 0.25) is 0 Å². The molecule has 2 aromatic heterocycles. The van der Waals surface area contributed by atoms with Crippen LogP contribution >= 0.6 is 0 Å². The normalized spacial score (nSPS) is 10.9. The number of fused-ring (bicyclic) bond motifs is 1. The Morgan fingerprint density at radius 3 is 2.57 bits per heavy atom. The topological polar surface area (TPSA) is 56.1 Å². The first-order valence-corrected chi connectivity index (χ1v) is 10.3. The SMILES string of the molecule is CCCCC(=O)N(C)c1c(CC)nc2c(OCCOc3ccc(F)cc3)cccn12. The van der Waals surface area contributed by atoms with E-state index in [0.29, 0.717) is 43.2 Å². The molecule has 7 heteroatoms. The van der Waals surface area contributed by atoms with Crippen molar-refractivity contribution in [2.75, 3.05) is 25.2 Å². The Morgan fingerprint density at radius 1 is 1.13 bits per heavy atom. The first kappa shape index (κ1) is 21.6. The van der Waals surface area contributed by atoms with Crippen molar-refractivity contribution in [3.05, 3.63) is 54.1 Å². The highest BCUT2D eigenvalue weighted by Crippen LogP contribution is 2.28. The van der Waals surface area contributed by atoms with Crippen LogP contribution in [0, 0.1) is 5.82 Å². The van der Waals surface area contributed by atoms with Gasteiger partial charge in [0.1, 0.15) is 30.6 Å². The minimum absolute atomic E-state index is 0.0763. The minimum atomic E-state index is -0.301. The Morgan fingerprint density at radius 2 is 1.87 bits per heavy atom. The van der Waals surface area contributed by atoms with Crippen molar-refractivity contribution in [3.63, 3.8) is 0 Å². The van der Waals surface area contributed by atoms with Crippen LogP contribution in [0.5, 0.6) is 11.5 Å². The van der Waals surface area contributed by atoms with Crippen LogP contribution in [0.15, 0.2) is 42.6 Å². The van der Waals surface area contributed by atoms with Gasteiger partial charge in [-0.05, 0) is 49.2 Å². The number of hydrogen-bond acceptors (Lipinski definition) is 4. The Balaban J connectivity index is 1.74. The molecule has 30 heavy (non-hydrogen) atoms. The number of rotatable bonds is 10. The van der Waals surface area contributed by atoms with E-state index in [2.05, 4.69) is 6.92 Å². The van der Waals surface area contributed by atoms with Crippen molar-refractivity contribution < 1.29 is 18.7 Å². The maximum Gasteiger partial charge on any atom is 0.227 e. The Bertz CT molecular complexity index is 985. The van der Waals surface area contributed by atoms with Crippen molar-refractivity contribution in [1.82, 2.24) is 9.38 Å². The van der Waals surface area contributed by atoms with E-state index in [4.69, 9.17) is 14.5 Å². The number of benzene rings is 1. The Labute approximate surface area is 176 Å². The maximum atomic E-state index is 13.0. The van der Waals surface area contributed by atoms with E-state index >= 15 is 0 Å². The molecule has 160 valence electrons. The van der Waals surface area contributed by atoms with Gasteiger partial charge in [-0.25, -0.2) is 9.37 Å². The number of anilines is 1. The summed E-state index contributed by atoms with van der Waals surface area (Å²) in [6, 6.07) is 9.59. The first-order valence-electron chi connectivity index (χ1n) is 10.3. The summed E-state index contributed by atoms with van der Waals surface area (Å²) in [7, 11) is 1.80. The van der Waals surface area contributed by atoms with Crippen LogP contribution in [0.1, 0.15) is 38.8 Å². The molecule has 0 atom stereocenters. The fourth-order valence-corrected chi connectivity index (χ4v) is 3.24. The standard InChI is InChI=1S/C23H28FN3O3/c1-4-6-9-21(28)26(3)23-19(5-2)25-22-20(8-7-14-27(22)23)30-16-15-29-18-12-10-17(24)11-13-18/h7-8,10-14H,4-6,9,15-16H2,1-3H3. The molecule has 0 unspecified atom stereocenters. The second kappa shape index (κ2) is 10.1. The Hall–Kier alpha value is -3.09. The summed E-state index contributed by atoms with van der Waals surface area (Å²) in [6.45, 7) is 4.72. The van der Waals surface area contributed by atoms with Crippen LogP contribution in [-0.2, 0) is 11.2 Å². The quantitative estimate of drug-likeness (QED) is 0.454. The molecule has 0 aliphatic carbocycles. The third kappa shape index (κ3) is 4.90. The van der Waals surface area contributed by atoms with Crippen molar-refractivity contribution in [3.8, 4) is 11.5 Å². The number of carbonyl (C=O) groups is 1. The van der Waals surface area contributed by atoms with Gasteiger partial charge in [0.05, 0.1) is 5.69 Å². The molecule has 1 aromatic carbocycles. The molecule has 0 fully saturated rings. The smallest absolute Gasteiger partial charge is 0.227 e. The van der Waals surface area contributed by atoms with E-state index in [1.165, 1.54) is 12.1 Å². The maximum absolute atomic E-state index is 13.0. The largest absolute Gasteiger partial charge is 0.490 e. The molecule has 0 saturated heterocycles. The monoisotopic (exact) mass is 413 g/mol. The van der Waals surface area contributed by atoms with Gasteiger partial charge in [0.15, 0.2) is 11.4 Å². The molecule has 0 aliphatic rings. The lowest BCUT2D eigenvalue weighted by Gasteiger charge is -2.18. The third-order valence-corrected chi connectivity index (χ3v) is 4.85. The van der Waals surface area contributed by atoms with Crippen LogP contribution in [0.3, 0.4) is 0 Å². The Kier molecular flexibility index (Phi) is 7.27. The summed E-state index contributed by atoms with van der Waals surface area (Å²) >= 11 is 0. The average molecular weight is 413 g/mol. The van der Waals surface area contributed by atoms with E-state index in [9.17, 15) is 9.18 Å². The van der Waals surface area contributed by atoms with Gasteiger partial charge in [-0.1, -0.05) is 20.3 Å². The predicted molar refractivity (Wildman–Crippen MR) is 115 cm³/mol. The first-order chi connectivity index (χ1) is 14.5. The number of amides is 1. The second-order valence-electron chi connectivity index (χ2n) is 7.01. The highest BCUT2D eigenvalue weighted by molar-refractivity contribution is 5.93. The number of nitrogens with zero attached hydrogens (tertiary/aromatic N) is 3. The molecule has 1 amide bonds. The molecule has 0 saturated carbocycles. The van der Waals surface area contributed by atoms with Crippen LogP contribution in [-0.4, -0.2) is 35.6 Å². The van der Waals surface area contributed by atoms with E-state index in [1.54, 1.807) is 24.1 Å². The molecular weight excluding hydrogens is 385 g/mol. The van der Waals surface area contributed by atoms with Crippen LogP contribution in [0.25, 0.3) is 5.65 Å². The minimum Gasteiger partial charge on any atom is -0.490 e. The lowest BCUT2D eigenvalue weighted by molar-refractivity contribution is -0.118. The van der Waals surface area contributed by atoms with Gasteiger partial charge in [-0.15, -0.1) is 0 Å². The number of aromatic nitrogens is 2. The number of pyridine rings is 1. The van der Waals surface area contributed by atoms with Crippen LogP contribution < -0.4 is 14.4 Å². The van der Waals surface area contributed by atoms with Gasteiger partial charge in [0.25, 0.3) is 0 Å². The number of unbranched alkanes of at least 4 members (excludes halogenated alkanes) is 1. The van der Waals surface area contributed by atoms with Gasteiger partial charge >= 0.3 is 0 Å². The third-order valence-electron chi connectivity index (χ3n) is 4.85. The molecular formula is C23H28FN3O3. The van der Waals surface area contributed by atoms with Gasteiger partial charge in [0.2, 0.25) is 5.91 Å². The molecule has 3 rings (SSSR count). The highest BCUT2D eigenvalue weighted by Gasteiger charge is 2.21. The molecule has 3 aromatic rings. The molecule has 6 nitrogen and oxygen atoms in total. The van der Waals surface area contributed by atoms with Crippen molar-refractivity contribution in [2.24, 2.45) is 0 Å². The zero-order valence-corrected chi connectivity index (χ0v) is 17.7. The zero-order chi connectivity index (χ0) is 21.5. The molecule has 0 radical (unpaired) electrons. The zero-order valence-electron chi connectivity index (χ0n) is 17.7. The number of imidazole rings is 1. The van der Waals surface area contributed by atoms with Gasteiger partial charge in [-0.3, -0.25) is 14.1 Å². The molecule has 0 N–H and O–H groups in total. The molecule has 2 heterocycles. The molecule has 0 aliphatic heterocycles. The van der Waals surface area contributed by atoms with Crippen LogP contribution in [0.4, 0.5) is 10.2 Å². The summed E-state index contributed by atoms with van der Waals surface area (Å²) in [4.78, 5) is 19.0. The van der Waals surface area contributed by atoms with Crippen molar-refractivity contribution in [1.29, 1.82) is 0 Å². The van der Waals surface area contributed by atoms with Gasteiger partial charge < -0.3 is 9.47 Å². The van der Waals surface area contributed by atoms with Gasteiger partial charge in [0, 0.05) is 19.7 Å². The van der Waals surface area contributed by atoms with E-state index < -0.39 is 0 Å². The lowest BCUT2D eigenvalue weighted by atomic mass is 10.2. The molecule has 0 spiro atoms. The van der Waals surface area contributed by atoms with E-state index in [1.807, 2.05) is 29.7 Å².